The number of rotatable bonds is 2. The Labute approximate surface area is 88.2 Å². The number of hydrogen-bond acceptors (Lipinski definition) is 2. The molecule has 2 nitrogen and oxygen atoms in total. The van der Waals surface area contributed by atoms with Gasteiger partial charge in [0, 0.05) is 21.3 Å². The van der Waals surface area contributed by atoms with Crippen molar-refractivity contribution in [2.75, 3.05) is 5.73 Å². The Balaban J connectivity index is 3.44. The van der Waals surface area contributed by atoms with Crippen LogP contribution >= 0.6 is 15.9 Å². The lowest BCUT2D eigenvalue weighted by Gasteiger charge is -2.09. The van der Waals surface area contributed by atoms with Gasteiger partial charge in [0.1, 0.15) is 0 Å². The lowest BCUT2D eigenvalue weighted by Crippen LogP contribution is -2.03. The molecule has 1 aromatic carbocycles. The SMILES string of the molecule is CC(=O)c1c(Br)cc(N)cc1C(F)F. The van der Waals surface area contributed by atoms with Crippen LogP contribution in [0.2, 0.25) is 0 Å². The number of halogens is 3. The van der Waals surface area contributed by atoms with E-state index in [0.29, 0.717) is 4.47 Å². The van der Waals surface area contributed by atoms with Gasteiger partial charge in [-0.3, -0.25) is 4.79 Å². The number of nitrogens with two attached hydrogens (primary N) is 1. The first-order chi connectivity index (χ1) is 6.43. The Morgan fingerprint density at radius 1 is 1.50 bits per heavy atom. The summed E-state index contributed by atoms with van der Waals surface area (Å²) in [6.45, 7) is 1.24. The largest absolute Gasteiger partial charge is 0.399 e. The van der Waals surface area contributed by atoms with Crippen molar-refractivity contribution in [1.82, 2.24) is 0 Å². The first-order valence-corrected chi connectivity index (χ1v) is 4.60. The fourth-order valence-electron chi connectivity index (χ4n) is 1.19. The molecular formula is C9H8BrF2NO. The number of alkyl halides is 2. The summed E-state index contributed by atoms with van der Waals surface area (Å²) >= 11 is 3.03. The van der Waals surface area contributed by atoms with Gasteiger partial charge >= 0.3 is 0 Å². The van der Waals surface area contributed by atoms with Crippen molar-refractivity contribution in [3.05, 3.63) is 27.7 Å². The predicted molar refractivity (Wildman–Crippen MR) is 53.5 cm³/mol. The summed E-state index contributed by atoms with van der Waals surface area (Å²) in [5, 5.41) is 0. The number of carbonyl (C=O) groups is 1. The van der Waals surface area contributed by atoms with E-state index < -0.39 is 12.2 Å². The maximum absolute atomic E-state index is 12.5. The molecule has 0 aliphatic rings. The maximum atomic E-state index is 12.5. The molecule has 0 atom stereocenters. The second kappa shape index (κ2) is 4.04. The zero-order valence-corrected chi connectivity index (χ0v) is 8.94. The average Bonchev–Trinajstić information content (AvgIpc) is 2.01. The van der Waals surface area contributed by atoms with Gasteiger partial charge in [-0.2, -0.15) is 0 Å². The highest BCUT2D eigenvalue weighted by molar-refractivity contribution is 9.10. The van der Waals surface area contributed by atoms with Crippen LogP contribution in [-0.2, 0) is 0 Å². The molecule has 0 bridgehead atoms. The summed E-state index contributed by atoms with van der Waals surface area (Å²) in [7, 11) is 0. The van der Waals surface area contributed by atoms with Gasteiger partial charge in [0.2, 0.25) is 0 Å². The minimum atomic E-state index is -2.70. The van der Waals surface area contributed by atoms with E-state index in [1.54, 1.807) is 0 Å². The number of anilines is 1. The van der Waals surface area contributed by atoms with Crippen LogP contribution in [0.4, 0.5) is 14.5 Å². The zero-order chi connectivity index (χ0) is 10.9. The molecule has 0 aliphatic heterocycles. The number of nitrogen functional groups attached to an aromatic ring is 1. The number of carbonyl (C=O) groups excluding carboxylic acids is 1. The summed E-state index contributed by atoms with van der Waals surface area (Å²) in [5.41, 5.74) is 5.26. The fraction of sp³-hybridized carbons (Fsp3) is 0.222. The molecule has 1 aromatic rings. The number of benzene rings is 1. The van der Waals surface area contributed by atoms with Crippen molar-refractivity contribution < 1.29 is 13.6 Å². The Morgan fingerprint density at radius 3 is 2.50 bits per heavy atom. The monoisotopic (exact) mass is 263 g/mol. The van der Waals surface area contributed by atoms with Crippen molar-refractivity contribution in [2.45, 2.75) is 13.3 Å². The molecular weight excluding hydrogens is 256 g/mol. The third-order valence-electron chi connectivity index (χ3n) is 1.73. The van der Waals surface area contributed by atoms with Crippen LogP contribution < -0.4 is 5.73 Å². The first-order valence-electron chi connectivity index (χ1n) is 3.81. The Bertz CT molecular complexity index is 379. The third-order valence-corrected chi connectivity index (χ3v) is 2.36. The maximum Gasteiger partial charge on any atom is 0.264 e. The van der Waals surface area contributed by atoms with E-state index in [1.165, 1.54) is 13.0 Å². The lowest BCUT2D eigenvalue weighted by atomic mass is 10.0. The summed E-state index contributed by atoms with van der Waals surface area (Å²) in [5.74, 6) is -0.410. The Morgan fingerprint density at radius 2 is 2.07 bits per heavy atom. The van der Waals surface area contributed by atoms with Crippen LogP contribution in [-0.4, -0.2) is 5.78 Å². The molecule has 5 heteroatoms. The highest BCUT2D eigenvalue weighted by atomic mass is 79.9. The molecule has 1 rings (SSSR count). The molecule has 0 saturated carbocycles. The molecule has 14 heavy (non-hydrogen) atoms. The van der Waals surface area contributed by atoms with Crippen molar-refractivity contribution in [1.29, 1.82) is 0 Å². The summed E-state index contributed by atoms with van der Waals surface area (Å²) in [6, 6.07) is 2.55. The quantitative estimate of drug-likeness (QED) is 0.658. The van der Waals surface area contributed by atoms with E-state index in [0.717, 1.165) is 6.07 Å². The molecule has 0 amide bonds. The van der Waals surface area contributed by atoms with E-state index in [1.807, 2.05) is 0 Å². The van der Waals surface area contributed by atoms with Crippen molar-refractivity contribution in [3.63, 3.8) is 0 Å². The van der Waals surface area contributed by atoms with Gasteiger partial charge in [-0.05, 0) is 35.0 Å². The topological polar surface area (TPSA) is 43.1 Å². The smallest absolute Gasteiger partial charge is 0.264 e. The molecule has 0 aliphatic carbocycles. The van der Waals surface area contributed by atoms with Crippen LogP contribution in [0.5, 0.6) is 0 Å². The van der Waals surface area contributed by atoms with Gasteiger partial charge in [0.15, 0.2) is 5.78 Å². The second-order valence-electron chi connectivity index (χ2n) is 2.82. The molecule has 0 spiro atoms. The van der Waals surface area contributed by atoms with Crippen LogP contribution in [0.25, 0.3) is 0 Å². The van der Waals surface area contributed by atoms with Gasteiger partial charge in [-0.1, -0.05) is 0 Å². The number of hydrogen-bond donors (Lipinski definition) is 1. The van der Waals surface area contributed by atoms with Gasteiger partial charge in [0.05, 0.1) is 0 Å². The molecule has 0 heterocycles. The van der Waals surface area contributed by atoms with Gasteiger partial charge in [-0.15, -0.1) is 0 Å². The molecule has 0 aromatic heterocycles. The minimum Gasteiger partial charge on any atom is -0.399 e. The Hall–Kier alpha value is -0.970. The average molecular weight is 264 g/mol. The second-order valence-corrected chi connectivity index (χ2v) is 3.68. The summed E-state index contributed by atoms with van der Waals surface area (Å²) in [4.78, 5) is 11.1. The van der Waals surface area contributed by atoms with E-state index in [2.05, 4.69) is 15.9 Å². The van der Waals surface area contributed by atoms with Gasteiger partial charge in [-0.25, -0.2) is 8.78 Å². The standard InChI is InChI=1S/C9H8BrF2NO/c1-4(14)8-6(9(11)12)2-5(13)3-7(8)10/h2-3,9H,13H2,1H3. The summed E-state index contributed by atoms with van der Waals surface area (Å²) in [6.07, 6.45) is -2.70. The van der Waals surface area contributed by atoms with Crippen LogP contribution in [0.15, 0.2) is 16.6 Å². The van der Waals surface area contributed by atoms with E-state index in [9.17, 15) is 13.6 Å². The predicted octanol–water partition coefficient (Wildman–Crippen LogP) is 3.17. The zero-order valence-electron chi connectivity index (χ0n) is 7.35. The fourth-order valence-corrected chi connectivity index (χ4v) is 1.97. The van der Waals surface area contributed by atoms with Crippen LogP contribution in [0, 0.1) is 0 Å². The van der Waals surface area contributed by atoms with E-state index in [4.69, 9.17) is 5.73 Å². The van der Waals surface area contributed by atoms with Crippen molar-refractivity contribution >= 4 is 27.4 Å². The Kier molecular flexibility index (Phi) is 3.21. The highest BCUT2D eigenvalue weighted by Crippen LogP contribution is 2.31. The summed E-state index contributed by atoms with van der Waals surface area (Å²) < 4.78 is 25.3. The number of Topliss-reactive ketones (excluding diaryl/α,β-unsaturated/α-hetero) is 1. The third kappa shape index (κ3) is 2.09. The molecule has 76 valence electrons. The van der Waals surface area contributed by atoms with Crippen LogP contribution in [0.3, 0.4) is 0 Å². The highest BCUT2D eigenvalue weighted by Gasteiger charge is 2.19. The molecule has 0 unspecified atom stereocenters. The molecule has 0 saturated heterocycles. The van der Waals surface area contributed by atoms with E-state index in [-0.39, 0.29) is 16.8 Å². The molecule has 2 N–H and O–H groups in total. The lowest BCUT2D eigenvalue weighted by molar-refractivity contribution is 0.0998. The first kappa shape index (κ1) is 11.1. The van der Waals surface area contributed by atoms with Crippen molar-refractivity contribution in [3.8, 4) is 0 Å². The number of ketones is 1. The van der Waals surface area contributed by atoms with Crippen molar-refractivity contribution in [2.24, 2.45) is 0 Å². The van der Waals surface area contributed by atoms with Crippen LogP contribution in [0.1, 0.15) is 29.3 Å². The normalized spacial score (nSPS) is 10.6. The van der Waals surface area contributed by atoms with Gasteiger partial charge in [0.25, 0.3) is 6.43 Å². The van der Waals surface area contributed by atoms with Gasteiger partial charge < -0.3 is 5.73 Å². The molecule has 0 fully saturated rings. The molecule has 0 radical (unpaired) electrons. The van der Waals surface area contributed by atoms with E-state index >= 15 is 0 Å². The minimum absolute atomic E-state index is 0.00537.